The van der Waals surface area contributed by atoms with E-state index in [1.165, 1.54) is 4.57 Å². The van der Waals surface area contributed by atoms with E-state index in [1.54, 1.807) is 13.1 Å². The summed E-state index contributed by atoms with van der Waals surface area (Å²) < 4.78 is 6.36. The molecule has 2 rings (SSSR count). The van der Waals surface area contributed by atoms with Crippen LogP contribution in [-0.2, 0) is 17.7 Å². The van der Waals surface area contributed by atoms with Crippen molar-refractivity contribution < 1.29 is 9.53 Å². The highest BCUT2D eigenvalue weighted by molar-refractivity contribution is 6.03. The number of anilines is 1. The first kappa shape index (κ1) is 15.9. The summed E-state index contributed by atoms with van der Waals surface area (Å²) in [4.78, 5) is 33.2. The van der Waals surface area contributed by atoms with Gasteiger partial charge in [-0.3, -0.25) is 9.36 Å². The lowest BCUT2D eigenvalue weighted by atomic mass is 10.1. The number of carbonyl (C=O) groups excluding carboxylic acids is 1. The van der Waals surface area contributed by atoms with Gasteiger partial charge >= 0.3 is 5.97 Å². The maximum absolute atomic E-state index is 12.5. The Bertz CT molecular complexity index is 767. The maximum Gasteiger partial charge on any atom is 0.345 e. The minimum absolute atomic E-state index is 0.0752. The average Bonchev–Trinajstić information content (AvgIpc) is 2.48. The Morgan fingerprint density at radius 3 is 2.68 bits per heavy atom. The Morgan fingerprint density at radius 2 is 2.09 bits per heavy atom. The standard InChI is InChI=1S/C15H20N4O3/c1-4-7-10-17-8-9-12(16)11(15(21)22-6-3)14(20)19(5-2)13(9)18-10/h8H,4-7,16H2,1-3H3. The number of ether oxygens (including phenoxy) is 1. The van der Waals surface area contributed by atoms with E-state index in [0.717, 1.165) is 6.42 Å². The quantitative estimate of drug-likeness (QED) is 0.841. The highest BCUT2D eigenvalue weighted by Crippen LogP contribution is 2.21. The van der Waals surface area contributed by atoms with Gasteiger partial charge in [-0.15, -0.1) is 0 Å². The summed E-state index contributed by atoms with van der Waals surface area (Å²) in [5.41, 5.74) is 5.91. The van der Waals surface area contributed by atoms with E-state index in [9.17, 15) is 9.59 Å². The van der Waals surface area contributed by atoms with Crippen molar-refractivity contribution >= 4 is 22.7 Å². The fraction of sp³-hybridized carbons (Fsp3) is 0.467. The average molecular weight is 304 g/mol. The number of aryl methyl sites for hydroxylation is 2. The molecule has 0 spiro atoms. The third kappa shape index (κ3) is 2.66. The van der Waals surface area contributed by atoms with Crippen LogP contribution in [-0.4, -0.2) is 27.1 Å². The van der Waals surface area contributed by atoms with E-state index >= 15 is 0 Å². The largest absolute Gasteiger partial charge is 0.462 e. The van der Waals surface area contributed by atoms with Gasteiger partial charge in [-0.25, -0.2) is 14.8 Å². The molecule has 7 nitrogen and oxygen atoms in total. The summed E-state index contributed by atoms with van der Waals surface area (Å²) in [7, 11) is 0. The minimum atomic E-state index is -0.716. The number of carbonyl (C=O) groups is 1. The lowest BCUT2D eigenvalue weighted by Gasteiger charge is -2.13. The highest BCUT2D eigenvalue weighted by Gasteiger charge is 2.22. The van der Waals surface area contributed by atoms with Crippen molar-refractivity contribution in [3.05, 3.63) is 27.9 Å². The van der Waals surface area contributed by atoms with Gasteiger partial charge in [0.25, 0.3) is 5.56 Å². The third-order valence-electron chi connectivity index (χ3n) is 3.36. The zero-order valence-electron chi connectivity index (χ0n) is 13.0. The Morgan fingerprint density at radius 1 is 1.36 bits per heavy atom. The fourth-order valence-corrected chi connectivity index (χ4v) is 2.32. The molecule has 0 unspecified atom stereocenters. The Balaban J connectivity index is 2.79. The van der Waals surface area contributed by atoms with Crippen molar-refractivity contribution in [3.8, 4) is 0 Å². The van der Waals surface area contributed by atoms with E-state index in [2.05, 4.69) is 9.97 Å². The van der Waals surface area contributed by atoms with Crippen molar-refractivity contribution in [1.29, 1.82) is 0 Å². The number of nitrogen functional groups attached to an aromatic ring is 1. The van der Waals surface area contributed by atoms with Crippen LogP contribution in [0, 0.1) is 0 Å². The summed E-state index contributed by atoms with van der Waals surface area (Å²) in [5, 5.41) is 0.490. The summed E-state index contributed by atoms with van der Waals surface area (Å²) in [5.74, 6) is -0.0633. The second-order valence-corrected chi connectivity index (χ2v) is 4.83. The monoisotopic (exact) mass is 304 g/mol. The van der Waals surface area contributed by atoms with Gasteiger partial charge < -0.3 is 10.5 Å². The lowest BCUT2D eigenvalue weighted by Crippen LogP contribution is -2.29. The normalized spacial score (nSPS) is 10.9. The topological polar surface area (TPSA) is 100 Å². The number of nitrogens with zero attached hydrogens (tertiary/aromatic N) is 3. The number of hydrogen-bond acceptors (Lipinski definition) is 6. The Labute approximate surface area is 128 Å². The first-order chi connectivity index (χ1) is 10.5. The molecule has 0 bridgehead atoms. The van der Waals surface area contributed by atoms with Gasteiger partial charge in [0.1, 0.15) is 17.0 Å². The lowest BCUT2D eigenvalue weighted by molar-refractivity contribution is 0.0525. The summed E-state index contributed by atoms with van der Waals surface area (Å²) >= 11 is 0. The van der Waals surface area contributed by atoms with Crippen LogP contribution in [0.25, 0.3) is 11.0 Å². The highest BCUT2D eigenvalue weighted by atomic mass is 16.5. The smallest absolute Gasteiger partial charge is 0.345 e. The van der Waals surface area contributed by atoms with E-state index in [4.69, 9.17) is 10.5 Å². The van der Waals surface area contributed by atoms with Gasteiger partial charge in [0.05, 0.1) is 17.7 Å². The molecule has 0 amide bonds. The second-order valence-electron chi connectivity index (χ2n) is 4.83. The van der Waals surface area contributed by atoms with Crippen LogP contribution in [0.15, 0.2) is 11.0 Å². The molecule has 2 N–H and O–H groups in total. The van der Waals surface area contributed by atoms with Crippen LogP contribution in [0.4, 0.5) is 5.69 Å². The molecule has 0 saturated carbocycles. The molecule has 0 aliphatic carbocycles. The van der Waals surface area contributed by atoms with Crippen LogP contribution in [0.5, 0.6) is 0 Å². The fourth-order valence-electron chi connectivity index (χ4n) is 2.32. The molecule has 0 saturated heterocycles. The van der Waals surface area contributed by atoms with Crippen molar-refractivity contribution in [2.75, 3.05) is 12.3 Å². The summed E-state index contributed by atoms with van der Waals surface area (Å²) in [6.45, 7) is 6.07. The number of hydrogen-bond donors (Lipinski definition) is 1. The number of nitrogens with two attached hydrogens (primary N) is 1. The molecule has 0 fully saturated rings. The molecule has 7 heteroatoms. The predicted octanol–water partition coefficient (Wildman–Crippen LogP) is 1.52. The Kier molecular flexibility index (Phi) is 4.75. The van der Waals surface area contributed by atoms with E-state index in [1.807, 2.05) is 13.8 Å². The predicted molar refractivity (Wildman–Crippen MR) is 83.8 cm³/mol. The van der Waals surface area contributed by atoms with Crippen LogP contribution in [0.2, 0.25) is 0 Å². The van der Waals surface area contributed by atoms with Crippen molar-refractivity contribution in [3.63, 3.8) is 0 Å². The van der Waals surface area contributed by atoms with Gasteiger partial charge in [0.15, 0.2) is 0 Å². The maximum atomic E-state index is 12.5. The SMILES string of the molecule is CCCc1ncc2c(N)c(C(=O)OCC)c(=O)n(CC)c2n1. The van der Waals surface area contributed by atoms with Crippen LogP contribution < -0.4 is 11.3 Å². The second kappa shape index (κ2) is 6.55. The number of pyridine rings is 1. The number of rotatable bonds is 5. The van der Waals surface area contributed by atoms with Gasteiger partial charge in [0, 0.05) is 19.2 Å². The van der Waals surface area contributed by atoms with Gasteiger partial charge in [-0.1, -0.05) is 6.92 Å². The van der Waals surface area contributed by atoms with Gasteiger partial charge in [-0.05, 0) is 20.3 Å². The Hall–Kier alpha value is -2.44. The molecule has 2 aromatic rings. The van der Waals surface area contributed by atoms with E-state index in [0.29, 0.717) is 29.8 Å². The third-order valence-corrected chi connectivity index (χ3v) is 3.36. The molecule has 0 atom stereocenters. The van der Waals surface area contributed by atoms with Gasteiger partial charge in [0.2, 0.25) is 0 Å². The molecule has 0 aromatic carbocycles. The number of fused-ring (bicyclic) bond motifs is 1. The first-order valence-corrected chi connectivity index (χ1v) is 7.40. The number of aromatic nitrogens is 3. The molecule has 22 heavy (non-hydrogen) atoms. The van der Waals surface area contributed by atoms with Crippen molar-refractivity contribution in [2.24, 2.45) is 0 Å². The molecule has 0 radical (unpaired) electrons. The molecule has 2 heterocycles. The minimum Gasteiger partial charge on any atom is -0.462 e. The zero-order valence-corrected chi connectivity index (χ0v) is 13.0. The summed E-state index contributed by atoms with van der Waals surface area (Å²) in [6.07, 6.45) is 3.18. The number of esters is 1. The molecular weight excluding hydrogens is 284 g/mol. The molecule has 0 aliphatic rings. The zero-order chi connectivity index (χ0) is 16.3. The van der Waals surface area contributed by atoms with Crippen LogP contribution in [0.3, 0.4) is 0 Å². The van der Waals surface area contributed by atoms with Crippen molar-refractivity contribution in [1.82, 2.24) is 14.5 Å². The molecular formula is C15H20N4O3. The van der Waals surface area contributed by atoms with E-state index in [-0.39, 0.29) is 17.9 Å². The first-order valence-electron chi connectivity index (χ1n) is 7.40. The molecule has 0 aliphatic heterocycles. The molecule has 118 valence electrons. The van der Waals surface area contributed by atoms with Crippen LogP contribution >= 0.6 is 0 Å². The molecule has 2 aromatic heterocycles. The van der Waals surface area contributed by atoms with E-state index < -0.39 is 11.5 Å². The van der Waals surface area contributed by atoms with Crippen LogP contribution in [0.1, 0.15) is 43.4 Å². The van der Waals surface area contributed by atoms with Crippen molar-refractivity contribution in [2.45, 2.75) is 40.2 Å². The summed E-state index contributed by atoms with van der Waals surface area (Å²) in [6, 6.07) is 0. The van der Waals surface area contributed by atoms with Gasteiger partial charge in [-0.2, -0.15) is 0 Å².